The Kier molecular flexibility index (Phi) is 3.65. The Balaban J connectivity index is 1.76. The molecule has 2 aliphatic rings. The van der Waals surface area contributed by atoms with Gasteiger partial charge in [0.2, 0.25) is 5.95 Å². The predicted octanol–water partition coefficient (Wildman–Crippen LogP) is 2.51. The van der Waals surface area contributed by atoms with Crippen molar-refractivity contribution in [2.45, 2.75) is 50.6 Å². The standard InChI is InChI=1S/C18H23N5/c19-12-8-9-13(10-12)21-17-15-7-3-5-11-4-1-2-6-14(11)16(15)22-18(20)23-17/h1-2,4,6,12-13H,3,5,7-10,19H2,(H3,20,21,22,23). The highest BCUT2D eigenvalue weighted by Gasteiger charge is 2.25. The lowest BCUT2D eigenvalue weighted by molar-refractivity contribution is 0.685. The van der Waals surface area contributed by atoms with Crippen molar-refractivity contribution in [2.24, 2.45) is 5.73 Å². The maximum absolute atomic E-state index is 6.04. The fourth-order valence-corrected chi connectivity index (χ4v) is 3.85. The van der Waals surface area contributed by atoms with E-state index < -0.39 is 0 Å². The molecule has 0 radical (unpaired) electrons. The number of aromatic nitrogens is 2. The number of hydrogen-bond acceptors (Lipinski definition) is 5. The van der Waals surface area contributed by atoms with Gasteiger partial charge in [-0.2, -0.15) is 4.98 Å². The molecule has 0 bridgehead atoms. The molecule has 1 fully saturated rings. The van der Waals surface area contributed by atoms with Crippen LogP contribution < -0.4 is 16.8 Å². The van der Waals surface area contributed by atoms with Crippen molar-refractivity contribution >= 4 is 11.8 Å². The fraction of sp³-hybridized carbons (Fsp3) is 0.444. The Hall–Kier alpha value is -2.14. The lowest BCUT2D eigenvalue weighted by Crippen LogP contribution is -2.22. The quantitative estimate of drug-likeness (QED) is 0.793. The largest absolute Gasteiger partial charge is 0.368 e. The van der Waals surface area contributed by atoms with Gasteiger partial charge in [0, 0.05) is 23.2 Å². The number of benzene rings is 1. The van der Waals surface area contributed by atoms with Crippen LogP contribution in [0.2, 0.25) is 0 Å². The van der Waals surface area contributed by atoms with Gasteiger partial charge in [-0.3, -0.25) is 0 Å². The van der Waals surface area contributed by atoms with Gasteiger partial charge in [0.1, 0.15) is 5.82 Å². The smallest absolute Gasteiger partial charge is 0.222 e. The van der Waals surface area contributed by atoms with Crippen molar-refractivity contribution in [3.63, 3.8) is 0 Å². The Labute approximate surface area is 136 Å². The van der Waals surface area contributed by atoms with E-state index in [2.05, 4.69) is 39.6 Å². The summed E-state index contributed by atoms with van der Waals surface area (Å²) in [6.45, 7) is 0. The summed E-state index contributed by atoms with van der Waals surface area (Å²) < 4.78 is 0. The van der Waals surface area contributed by atoms with Crippen molar-refractivity contribution in [1.29, 1.82) is 0 Å². The molecule has 23 heavy (non-hydrogen) atoms. The molecule has 0 saturated heterocycles. The predicted molar refractivity (Wildman–Crippen MR) is 93.1 cm³/mol. The molecular weight excluding hydrogens is 286 g/mol. The number of nitrogens with one attached hydrogen (secondary N) is 1. The summed E-state index contributed by atoms with van der Waals surface area (Å²) in [5, 5.41) is 3.59. The number of hydrogen-bond donors (Lipinski definition) is 3. The molecule has 1 heterocycles. The van der Waals surface area contributed by atoms with Gasteiger partial charge < -0.3 is 16.8 Å². The summed E-state index contributed by atoms with van der Waals surface area (Å²) in [6.07, 6.45) is 6.32. The zero-order chi connectivity index (χ0) is 15.8. The number of aryl methyl sites for hydroxylation is 1. The first-order chi connectivity index (χ1) is 11.2. The molecule has 5 nitrogen and oxygen atoms in total. The highest BCUT2D eigenvalue weighted by molar-refractivity contribution is 5.73. The molecule has 0 aliphatic heterocycles. The number of anilines is 2. The molecule has 1 saturated carbocycles. The van der Waals surface area contributed by atoms with Gasteiger partial charge >= 0.3 is 0 Å². The second-order valence-electron chi connectivity index (χ2n) is 6.68. The molecule has 4 rings (SSSR count). The summed E-state index contributed by atoms with van der Waals surface area (Å²) in [4.78, 5) is 9.07. The van der Waals surface area contributed by atoms with Crippen LogP contribution in [-0.2, 0) is 12.8 Å². The Bertz CT molecular complexity index is 727. The van der Waals surface area contributed by atoms with E-state index in [1.54, 1.807) is 0 Å². The fourth-order valence-electron chi connectivity index (χ4n) is 3.85. The van der Waals surface area contributed by atoms with E-state index in [4.69, 9.17) is 11.5 Å². The highest BCUT2D eigenvalue weighted by Crippen LogP contribution is 2.35. The van der Waals surface area contributed by atoms with E-state index >= 15 is 0 Å². The molecular formula is C18H23N5. The summed E-state index contributed by atoms with van der Waals surface area (Å²) in [5.41, 5.74) is 16.8. The van der Waals surface area contributed by atoms with E-state index in [1.165, 1.54) is 16.7 Å². The summed E-state index contributed by atoms with van der Waals surface area (Å²) in [5.74, 6) is 1.24. The average molecular weight is 309 g/mol. The van der Waals surface area contributed by atoms with Crippen LogP contribution in [-0.4, -0.2) is 22.1 Å². The first-order valence-electron chi connectivity index (χ1n) is 8.47. The molecule has 120 valence electrons. The van der Waals surface area contributed by atoms with Crippen molar-refractivity contribution in [2.75, 3.05) is 11.1 Å². The third-order valence-corrected chi connectivity index (χ3v) is 4.98. The molecule has 2 atom stereocenters. The number of fused-ring (bicyclic) bond motifs is 3. The SMILES string of the molecule is Nc1nc(NC2CCC(N)C2)c2c(n1)-c1ccccc1CCC2. The average Bonchev–Trinajstić information content (AvgIpc) is 2.85. The number of nitrogens with zero attached hydrogens (tertiary/aromatic N) is 2. The van der Waals surface area contributed by atoms with E-state index in [1.807, 2.05) is 0 Å². The maximum atomic E-state index is 6.04. The highest BCUT2D eigenvalue weighted by atomic mass is 15.1. The Morgan fingerprint density at radius 3 is 2.78 bits per heavy atom. The van der Waals surface area contributed by atoms with Gasteiger partial charge in [0.05, 0.1) is 5.69 Å². The zero-order valence-electron chi connectivity index (χ0n) is 13.3. The van der Waals surface area contributed by atoms with Crippen LogP contribution in [0.25, 0.3) is 11.3 Å². The minimum absolute atomic E-state index is 0.297. The third kappa shape index (κ3) is 2.77. The molecule has 2 aromatic rings. The summed E-state index contributed by atoms with van der Waals surface area (Å²) in [7, 11) is 0. The van der Waals surface area contributed by atoms with Crippen LogP contribution in [0.3, 0.4) is 0 Å². The van der Waals surface area contributed by atoms with Gasteiger partial charge in [-0.1, -0.05) is 24.3 Å². The molecule has 1 aromatic heterocycles. The molecule has 1 aromatic carbocycles. The van der Waals surface area contributed by atoms with Crippen molar-refractivity contribution in [3.05, 3.63) is 35.4 Å². The molecule has 0 amide bonds. The van der Waals surface area contributed by atoms with Gasteiger partial charge in [0.25, 0.3) is 0 Å². The Morgan fingerprint density at radius 2 is 1.96 bits per heavy atom. The van der Waals surface area contributed by atoms with Crippen molar-refractivity contribution < 1.29 is 0 Å². The third-order valence-electron chi connectivity index (χ3n) is 4.98. The van der Waals surface area contributed by atoms with E-state index in [0.29, 0.717) is 18.0 Å². The first-order valence-corrected chi connectivity index (χ1v) is 8.47. The molecule has 2 aliphatic carbocycles. The number of nitrogen functional groups attached to an aromatic ring is 1. The van der Waals surface area contributed by atoms with E-state index in [-0.39, 0.29) is 0 Å². The minimum Gasteiger partial charge on any atom is -0.368 e. The lowest BCUT2D eigenvalue weighted by Gasteiger charge is -2.18. The van der Waals surface area contributed by atoms with Crippen LogP contribution in [0.4, 0.5) is 11.8 Å². The van der Waals surface area contributed by atoms with Crippen LogP contribution in [0, 0.1) is 0 Å². The maximum Gasteiger partial charge on any atom is 0.222 e. The normalized spacial score (nSPS) is 23.0. The van der Waals surface area contributed by atoms with Gasteiger partial charge in [-0.25, -0.2) is 4.98 Å². The first kappa shape index (κ1) is 14.5. The second-order valence-corrected chi connectivity index (χ2v) is 6.68. The topological polar surface area (TPSA) is 89.8 Å². The zero-order valence-corrected chi connectivity index (χ0v) is 13.3. The molecule has 0 spiro atoms. The van der Waals surface area contributed by atoms with E-state index in [9.17, 15) is 0 Å². The molecule has 5 heteroatoms. The molecule has 2 unspecified atom stereocenters. The lowest BCUT2D eigenvalue weighted by atomic mass is 10.0. The number of nitrogens with two attached hydrogens (primary N) is 2. The van der Waals surface area contributed by atoms with Crippen LogP contribution in [0.1, 0.15) is 36.8 Å². The van der Waals surface area contributed by atoms with Gasteiger partial charge in [-0.05, 0) is 44.1 Å². The van der Waals surface area contributed by atoms with E-state index in [0.717, 1.165) is 50.0 Å². The van der Waals surface area contributed by atoms with Crippen LogP contribution >= 0.6 is 0 Å². The van der Waals surface area contributed by atoms with Crippen molar-refractivity contribution in [3.8, 4) is 11.3 Å². The monoisotopic (exact) mass is 309 g/mol. The van der Waals surface area contributed by atoms with Gasteiger partial charge in [0.15, 0.2) is 0 Å². The van der Waals surface area contributed by atoms with Gasteiger partial charge in [-0.15, -0.1) is 0 Å². The van der Waals surface area contributed by atoms with Crippen LogP contribution in [0.15, 0.2) is 24.3 Å². The number of rotatable bonds is 2. The second kappa shape index (κ2) is 5.81. The minimum atomic E-state index is 0.297. The van der Waals surface area contributed by atoms with Crippen molar-refractivity contribution in [1.82, 2.24) is 9.97 Å². The summed E-state index contributed by atoms with van der Waals surface area (Å²) >= 11 is 0. The Morgan fingerprint density at radius 1 is 1.09 bits per heavy atom. The summed E-state index contributed by atoms with van der Waals surface area (Å²) in [6, 6.07) is 9.17. The molecule has 5 N–H and O–H groups in total. The van der Waals surface area contributed by atoms with Crippen LogP contribution in [0.5, 0.6) is 0 Å².